The fraction of sp³-hybridized carbons (Fsp3) is 0.125. The summed E-state index contributed by atoms with van der Waals surface area (Å²) in [5, 5.41) is 0.825. The van der Waals surface area contributed by atoms with E-state index < -0.39 is 15.7 Å². The average molecular weight is 463 g/mol. The van der Waals surface area contributed by atoms with Crippen molar-refractivity contribution >= 4 is 38.2 Å². The molecule has 0 saturated heterocycles. The maximum atomic E-state index is 13.6. The molecule has 168 valence electrons. The number of sulfone groups is 1. The summed E-state index contributed by atoms with van der Waals surface area (Å²) < 4.78 is 30.7. The summed E-state index contributed by atoms with van der Waals surface area (Å²) in [6.45, 7) is 0.0376. The molecule has 0 saturated carbocycles. The van der Waals surface area contributed by atoms with Gasteiger partial charge in [-0.05, 0) is 36.4 Å². The largest absolute Gasteiger partial charge is 0.494 e. The Labute approximate surface area is 191 Å². The molecule has 33 heavy (non-hydrogen) atoms. The van der Waals surface area contributed by atoms with E-state index in [-0.39, 0.29) is 17.1 Å². The highest BCUT2D eigenvalue weighted by molar-refractivity contribution is 7.90. The zero-order chi connectivity index (χ0) is 23.6. The van der Waals surface area contributed by atoms with E-state index in [2.05, 4.69) is 9.97 Å². The van der Waals surface area contributed by atoms with Crippen LogP contribution in [0.1, 0.15) is 15.9 Å². The van der Waals surface area contributed by atoms with Crippen molar-refractivity contribution in [1.82, 2.24) is 9.97 Å². The first kappa shape index (κ1) is 22.2. The van der Waals surface area contributed by atoms with Gasteiger partial charge in [-0.1, -0.05) is 24.3 Å². The molecular weight excluding hydrogens is 440 g/mol. The summed E-state index contributed by atoms with van der Waals surface area (Å²) >= 11 is 0. The van der Waals surface area contributed by atoms with Crippen LogP contribution in [0.25, 0.3) is 10.9 Å². The minimum absolute atomic E-state index is 0.0376. The van der Waals surface area contributed by atoms with E-state index in [0.29, 0.717) is 28.2 Å². The molecule has 0 fully saturated rings. The molecule has 2 aromatic carbocycles. The number of pyridine rings is 2. The van der Waals surface area contributed by atoms with E-state index in [1.807, 2.05) is 18.2 Å². The van der Waals surface area contributed by atoms with E-state index in [4.69, 9.17) is 10.5 Å². The first-order chi connectivity index (χ1) is 15.8. The number of nitrogen functional groups attached to an aromatic ring is 1. The monoisotopic (exact) mass is 462 g/mol. The van der Waals surface area contributed by atoms with Crippen LogP contribution in [0.15, 0.2) is 78.0 Å². The van der Waals surface area contributed by atoms with Gasteiger partial charge in [-0.3, -0.25) is 9.78 Å². The van der Waals surface area contributed by atoms with Crippen molar-refractivity contribution in [3.8, 4) is 5.75 Å². The number of para-hydroxylation sites is 1. The maximum absolute atomic E-state index is 13.6. The summed E-state index contributed by atoms with van der Waals surface area (Å²) in [5.74, 6) is 0.395. The zero-order valence-corrected chi connectivity index (χ0v) is 18.9. The van der Waals surface area contributed by atoms with Gasteiger partial charge in [-0.2, -0.15) is 0 Å². The fourth-order valence-electron chi connectivity index (χ4n) is 3.65. The third kappa shape index (κ3) is 4.49. The fourth-order valence-corrected chi connectivity index (χ4v) is 4.53. The molecule has 0 unspecified atom stereocenters. The molecule has 8 nitrogen and oxygen atoms in total. The number of anilines is 2. The quantitative estimate of drug-likeness (QED) is 0.466. The van der Waals surface area contributed by atoms with Gasteiger partial charge in [0.15, 0.2) is 9.84 Å². The number of carbonyl (C=O) groups is 1. The number of nitrogens with two attached hydrogens (primary N) is 1. The van der Waals surface area contributed by atoms with E-state index in [9.17, 15) is 13.2 Å². The molecule has 1 amide bonds. The Morgan fingerprint density at radius 1 is 1.06 bits per heavy atom. The Bertz CT molecular complexity index is 1440. The summed E-state index contributed by atoms with van der Waals surface area (Å²) in [5.41, 5.74) is 7.66. The summed E-state index contributed by atoms with van der Waals surface area (Å²) in [7, 11) is -2.10. The van der Waals surface area contributed by atoms with E-state index in [0.717, 1.165) is 11.6 Å². The number of ether oxygens (including phenoxy) is 1. The van der Waals surface area contributed by atoms with Gasteiger partial charge < -0.3 is 15.4 Å². The van der Waals surface area contributed by atoms with Gasteiger partial charge in [-0.25, -0.2) is 13.4 Å². The smallest absolute Gasteiger partial charge is 0.260 e. The molecular formula is C24H22N4O4S. The lowest BCUT2D eigenvalue weighted by molar-refractivity contribution is 0.0984. The lowest BCUT2D eigenvalue weighted by Gasteiger charge is -2.26. The Balaban J connectivity index is 1.90. The number of hydrogen-bond acceptors (Lipinski definition) is 7. The summed E-state index contributed by atoms with van der Waals surface area (Å²) in [6, 6.07) is 16.9. The first-order valence-electron chi connectivity index (χ1n) is 10.0. The van der Waals surface area contributed by atoms with Gasteiger partial charge in [0.25, 0.3) is 5.91 Å². The number of methoxy groups -OCH3 is 1. The van der Waals surface area contributed by atoms with Crippen molar-refractivity contribution in [2.24, 2.45) is 0 Å². The lowest BCUT2D eigenvalue weighted by atomic mass is 10.1. The molecule has 0 atom stereocenters. The molecule has 0 spiro atoms. The van der Waals surface area contributed by atoms with Crippen molar-refractivity contribution in [2.75, 3.05) is 24.0 Å². The zero-order valence-electron chi connectivity index (χ0n) is 18.1. The van der Waals surface area contributed by atoms with Crippen LogP contribution in [-0.2, 0) is 16.4 Å². The first-order valence-corrected chi connectivity index (χ1v) is 11.9. The van der Waals surface area contributed by atoms with Crippen LogP contribution in [0.2, 0.25) is 0 Å². The molecule has 2 heterocycles. The predicted molar refractivity (Wildman–Crippen MR) is 127 cm³/mol. The Hall–Kier alpha value is -3.98. The van der Waals surface area contributed by atoms with Crippen molar-refractivity contribution in [2.45, 2.75) is 11.4 Å². The number of carbonyl (C=O) groups excluding carboxylic acids is 1. The average Bonchev–Trinajstić information content (AvgIpc) is 2.81. The van der Waals surface area contributed by atoms with Crippen LogP contribution in [0.3, 0.4) is 0 Å². The van der Waals surface area contributed by atoms with Gasteiger partial charge in [0.1, 0.15) is 17.1 Å². The molecule has 2 N–H and O–H groups in total. The van der Waals surface area contributed by atoms with Crippen molar-refractivity contribution in [3.63, 3.8) is 0 Å². The van der Waals surface area contributed by atoms with Crippen LogP contribution in [0.5, 0.6) is 5.75 Å². The van der Waals surface area contributed by atoms with Crippen molar-refractivity contribution < 1.29 is 17.9 Å². The molecule has 2 aromatic heterocycles. The Morgan fingerprint density at radius 3 is 2.52 bits per heavy atom. The molecule has 0 bridgehead atoms. The molecule has 4 aromatic rings. The molecule has 0 aliphatic rings. The topological polar surface area (TPSA) is 115 Å². The minimum Gasteiger partial charge on any atom is -0.494 e. The van der Waals surface area contributed by atoms with E-state index >= 15 is 0 Å². The third-order valence-electron chi connectivity index (χ3n) is 5.16. The molecule has 0 aliphatic heterocycles. The van der Waals surface area contributed by atoms with Crippen LogP contribution in [-0.4, -0.2) is 37.7 Å². The number of aromatic nitrogens is 2. The van der Waals surface area contributed by atoms with Crippen LogP contribution >= 0.6 is 0 Å². The van der Waals surface area contributed by atoms with Crippen molar-refractivity contribution in [1.29, 1.82) is 0 Å². The number of benzene rings is 2. The van der Waals surface area contributed by atoms with Gasteiger partial charge >= 0.3 is 0 Å². The second-order valence-corrected chi connectivity index (χ2v) is 9.42. The minimum atomic E-state index is -3.61. The Morgan fingerprint density at radius 2 is 1.82 bits per heavy atom. The van der Waals surface area contributed by atoms with Crippen LogP contribution in [0.4, 0.5) is 11.5 Å². The van der Waals surface area contributed by atoms with Gasteiger partial charge in [0.05, 0.1) is 29.8 Å². The molecule has 4 rings (SSSR count). The predicted octanol–water partition coefficient (Wildman–Crippen LogP) is 3.47. The standard InChI is InChI=1S/C24H22N4O4S/c1-32-23-18(10-9-16-11-12-21(25)27-22(16)23)15-28(24(29)17-6-5-13-26-14-17)19-7-3-4-8-20(19)33(2,30)31/h3-14H,15H2,1-2H3,(H2,25,27). The number of fused-ring (bicyclic) bond motifs is 1. The molecule has 0 radical (unpaired) electrons. The Kier molecular flexibility index (Phi) is 5.97. The second kappa shape index (κ2) is 8.87. The van der Waals surface area contributed by atoms with E-state index in [1.165, 1.54) is 24.3 Å². The SMILES string of the molecule is COc1c(CN(C(=O)c2cccnc2)c2ccccc2S(C)(=O)=O)ccc2ccc(N)nc12. The highest BCUT2D eigenvalue weighted by Gasteiger charge is 2.26. The molecule has 9 heteroatoms. The normalized spacial score (nSPS) is 11.3. The highest BCUT2D eigenvalue weighted by Crippen LogP contribution is 2.33. The number of nitrogens with zero attached hydrogens (tertiary/aromatic N) is 3. The van der Waals surface area contributed by atoms with Gasteiger partial charge in [0.2, 0.25) is 0 Å². The number of amides is 1. The second-order valence-electron chi connectivity index (χ2n) is 7.44. The lowest BCUT2D eigenvalue weighted by Crippen LogP contribution is -2.32. The van der Waals surface area contributed by atoms with Crippen LogP contribution in [0, 0.1) is 0 Å². The van der Waals surface area contributed by atoms with E-state index in [1.54, 1.807) is 42.6 Å². The van der Waals surface area contributed by atoms with Crippen LogP contribution < -0.4 is 15.4 Å². The van der Waals surface area contributed by atoms with Gasteiger partial charge in [-0.15, -0.1) is 0 Å². The maximum Gasteiger partial charge on any atom is 0.260 e. The summed E-state index contributed by atoms with van der Waals surface area (Å²) in [4.78, 5) is 23.4. The van der Waals surface area contributed by atoms with Crippen molar-refractivity contribution in [3.05, 3.63) is 84.2 Å². The summed E-state index contributed by atoms with van der Waals surface area (Å²) in [6.07, 6.45) is 4.12. The molecule has 0 aliphatic carbocycles. The highest BCUT2D eigenvalue weighted by atomic mass is 32.2. The van der Waals surface area contributed by atoms with Gasteiger partial charge in [0, 0.05) is 29.6 Å². The third-order valence-corrected chi connectivity index (χ3v) is 6.30. The number of hydrogen-bond donors (Lipinski definition) is 1. The number of rotatable bonds is 6.